The van der Waals surface area contributed by atoms with E-state index in [0.29, 0.717) is 23.6 Å². The number of methoxy groups -OCH3 is 2. The fraction of sp³-hybridized carbons (Fsp3) is 0.500. The van der Waals surface area contributed by atoms with E-state index in [1.807, 2.05) is 11.9 Å². The number of benzene rings is 1. The van der Waals surface area contributed by atoms with Crippen molar-refractivity contribution in [1.82, 2.24) is 10.2 Å². The van der Waals surface area contributed by atoms with Crippen LogP contribution in [-0.2, 0) is 0 Å². The number of rotatable bonds is 5. The van der Waals surface area contributed by atoms with E-state index in [4.69, 9.17) is 9.47 Å². The molecule has 110 valence electrons. The van der Waals surface area contributed by atoms with Gasteiger partial charge in [0.15, 0.2) is 5.96 Å². The summed E-state index contributed by atoms with van der Waals surface area (Å²) in [6.07, 6.45) is -0.697. The highest BCUT2D eigenvalue weighted by molar-refractivity contribution is 5.81. The summed E-state index contributed by atoms with van der Waals surface area (Å²) in [7, 11) is 5.15. The monoisotopic (exact) mass is 279 g/mol. The third-order valence-corrected chi connectivity index (χ3v) is 3.31. The minimum absolute atomic E-state index is 0.368. The van der Waals surface area contributed by atoms with Crippen LogP contribution in [0.3, 0.4) is 0 Å². The van der Waals surface area contributed by atoms with E-state index >= 15 is 0 Å². The summed E-state index contributed by atoms with van der Waals surface area (Å²) in [5, 5.41) is 13.5. The molecule has 0 saturated carbocycles. The molecule has 1 unspecified atom stereocenters. The van der Waals surface area contributed by atoms with Crippen LogP contribution in [-0.4, -0.2) is 56.9 Å². The van der Waals surface area contributed by atoms with E-state index in [1.54, 1.807) is 32.4 Å². The second-order valence-electron chi connectivity index (χ2n) is 4.63. The predicted octanol–water partition coefficient (Wildman–Crippen LogP) is 0.628. The molecular formula is C14H21N3O3. The molecule has 20 heavy (non-hydrogen) atoms. The molecule has 6 heteroatoms. The maximum absolute atomic E-state index is 10.3. The number of ether oxygens (including phenoxy) is 2. The number of likely N-dealkylation sites (N-methyl/N-ethyl adjacent to an activating group) is 1. The number of aliphatic imine (C=N–C) groups is 1. The molecule has 1 atom stereocenters. The summed E-state index contributed by atoms with van der Waals surface area (Å²) in [5.41, 5.74) is 0.695. The number of aliphatic hydroxyl groups is 1. The molecule has 6 nitrogen and oxygen atoms in total. The molecule has 0 amide bonds. The van der Waals surface area contributed by atoms with Gasteiger partial charge in [0.2, 0.25) is 0 Å². The van der Waals surface area contributed by atoms with Crippen molar-refractivity contribution >= 4 is 5.96 Å². The van der Waals surface area contributed by atoms with E-state index in [0.717, 1.165) is 19.0 Å². The molecule has 0 bridgehead atoms. The Bertz CT molecular complexity index is 491. The number of nitrogens with zero attached hydrogens (tertiary/aromatic N) is 2. The van der Waals surface area contributed by atoms with Gasteiger partial charge in [0.1, 0.15) is 11.5 Å². The molecule has 0 saturated heterocycles. The number of hydrogen-bond acceptors (Lipinski definition) is 6. The van der Waals surface area contributed by atoms with Crippen molar-refractivity contribution in [2.24, 2.45) is 4.99 Å². The first-order valence-electron chi connectivity index (χ1n) is 6.55. The first-order chi connectivity index (χ1) is 9.65. The second-order valence-corrected chi connectivity index (χ2v) is 4.63. The fourth-order valence-electron chi connectivity index (χ4n) is 2.12. The average molecular weight is 279 g/mol. The van der Waals surface area contributed by atoms with Crippen LogP contribution in [0.5, 0.6) is 11.5 Å². The van der Waals surface area contributed by atoms with Gasteiger partial charge in [-0.15, -0.1) is 0 Å². The van der Waals surface area contributed by atoms with Crippen LogP contribution in [0.1, 0.15) is 11.7 Å². The standard InChI is InChI=1S/C14H21N3O3/c1-17-7-6-15-14(17)16-9-12(18)11-8-10(19-2)4-5-13(11)20-3/h4-5,8,12,18H,6-7,9H2,1-3H3,(H,15,16). The Hall–Kier alpha value is -1.95. The highest BCUT2D eigenvalue weighted by Crippen LogP contribution is 2.29. The highest BCUT2D eigenvalue weighted by atomic mass is 16.5. The number of hydrogen-bond donors (Lipinski definition) is 2. The third-order valence-electron chi connectivity index (χ3n) is 3.31. The number of nitrogens with one attached hydrogen (secondary N) is 1. The van der Waals surface area contributed by atoms with E-state index < -0.39 is 6.10 Å². The summed E-state index contributed by atoms with van der Waals surface area (Å²) < 4.78 is 10.5. The average Bonchev–Trinajstić information content (AvgIpc) is 2.89. The summed E-state index contributed by atoms with van der Waals surface area (Å²) in [6.45, 7) is 2.06. The zero-order chi connectivity index (χ0) is 14.5. The van der Waals surface area contributed by atoms with Gasteiger partial charge in [0.05, 0.1) is 26.9 Å². The topological polar surface area (TPSA) is 66.3 Å². The van der Waals surface area contributed by atoms with Gasteiger partial charge in [-0.1, -0.05) is 0 Å². The molecule has 0 radical (unpaired) electrons. The molecule has 1 aliphatic heterocycles. The molecule has 1 aromatic rings. The van der Waals surface area contributed by atoms with Gasteiger partial charge in [-0.05, 0) is 18.2 Å². The van der Waals surface area contributed by atoms with Crippen LogP contribution in [0.2, 0.25) is 0 Å². The molecule has 1 heterocycles. The molecule has 2 N–H and O–H groups in total. The van der Waals surface area contributed by atoms with Crippen molar-refractivity contribution < 1.29 is 14.6 Å². The second kappa shape index (κ2) is 6.47. The van der Waals surface area contributed by atoms with Gasteiger partial charge >= 0.3 is 0 Å². The van der Waals surface area contributed by atoms with Gasteiger partial charge in [-0.3, -0.25) is 4.99 Å². The molecule has 0 aliphatic carbocycles. The lowest BCUT2D eigenvalue weighted by Gasteiger charge is -2.19. The number of guanidine groups is 1. The zero-order valence-electron chi connectivity index (χ0n) is 12.1. The first kappa shape index (κ1) is 14.5. The normalized spacial score (nSPS) is 15.8. The van der Waals surface area contributed by atoms with Crippen molar-refractivity contribution in [2.45, 2.75) is 6.10 Å². The predicted molar refractivity (Wildman–Crippen MR) is 77.4 cm³/mol. The van der Waals surface area contributed by atoms with Crippen molar-refractivity contribution in [1.29, 1.82) is 0 Å². The van der Waals surface area contributed by atoms with Gasteiger partial charge in [0.25, 0.3) is 0 Å². The van der Waals surface area contributed by atoms with E-state index in [-0.39, 0.29) is 0 Å². The zero-order valence-corrected chi connectivity index (χ0v) is 12.1. The lowest BCUT2D eigenvalue weighted by Crippen LogP contribution is -2.37. The van der Waals surface area contributed by atoms with Crippen LogP contribution in [0.15, 0.2) is 23.2 Å². The Kier molecular flexibility index (Phi) is 4.68. The fourth-order valence-corrected chi connectivity index (χ4v) is 2.12. The Balaban J connectivity index is 2.06. The molecule has 2 rings (SSSR count). The van der Waals surface area contributed by atoms with Crippen LogP contribution in [0, 0.1) is 0 Å². The Morgan fingerprint density at radius 1 is 1.40 bits per heavy atom. The van der Waals surface area contributed by atoms with E-state index in [1.165, 1.54) is 0 Å². The van der Waals surface area contributed by atoms with Crippen LogP contribution < -0.4 is 14.8 Å². The van der Waals surface area contributed by atoms with Crippen molar-refractivity contribution in [3.05, 3.63) is 23.8 Å². The smallest absolute Gasteiger partial charge is 0.193 e. The Labute approximate surface area is 119 Å². The first-order valence-corrected chi connectivity index (χ1v) is 6.55. The molecule has 1 aromatic carbocycles. The summed E-state index contributed by atoms with van der Waals surface area (Å²) in [4.78, 5) is 6.35. The summed E-state index contributed by atoms with van der Waals surface area (Å²) in [6, 6.07) is 5.37. The molecule has 1 aliphatic rings. The minimum Gasteiger partial charge on any atom is -0.497 e. The van der Waals surface area contributed by atoms with Crippen molar-refractivity contribution in [2.75, 3.05) is 40.9 Å². The maximum atomic E-state index is 10.3. The minimum atomic E-state index is -0.697. The molecule has 0 fully saturated rings. The lowest BCUT2D eigenvalue weighted by molar-refractivity contribution is 0.175. The van der Waals surface area contributed by atoms with Gasteiger partial charge in [-0.25, -0.2) is 0 Å². The Morgan fingerprint density at radius 3 is 2.80 bits per heavy atom. The molecular weight excluding hydrogens is 258 g/mol. The third kappa shape index (κ3) is 3.14. The molecule has 0 aromatic heterocycles. The van der Waals surface area contributed by atoms with Crippen molar-refractivity contribution in [3.63, 3.8) is 0 Å². The van der Waals surface area contributed by atoms with Gasteiger partial charge in [-0.2, -0.15) is 0 Å². The van der Waals surface area contributed by atoms with Crippen molar-refractivity contribution in [3.8, 4) is 11.5 Å². The quantitative estimate of drug-likeness (QED) is 0.827. The SMILES string of the molecule is COc1ccc(OC)c(C(O)CNC2=NCCN2C)c1. The van der Waals surface area contributed by atoms with E-state index in [2.05, 4.69) is 10.3 Å². The lowest BCUT2D eigenvalue weighted by atomic mass is 10.1. The van der Waals surface area contributed by atoms with Gasteiger partial charge in [0, 0.05) is 25.7 Å². The maximum Gasteiger partial charge on any atom is 0.193 e. The van der Waals surface area contributed by atoms with Crippen LogP contribution >= 0.6 is 0 Å². The van der Waals surface area contributed by atoms with Gasteiger partial charge < -0.3 is 24.8 Å². The summed E-state index contributed by atoms with van der Waals surface area (Å²) in [5.74, 6) is 2.14. The largest absolute Gasteiger partial charge is 0.497 e. The molecule has 0 spiro atoms. The van der Waals surface area contributed by atoms with Crippen LogP contribution in [0.25, 0.3) is 0 Å². The highest BCUT2D eigenvalue weighted by Gasteiger charge is 2.17. The number of aliphatic hydroxyl groups excluding tert-OH is 1. The van der Waals surface area contributed by atoms with Crippen LogP contribution in [0.4, 0.5) is 0 Å². The summed E-state index contributed by atoms with van der Waals surface area (Å²) >= 11 is 0. The van der Waals surface area contributed by atoms with E-state index in [9.17, 15) is 5.11 Å². The Morgan fingerprint density at radius 2 is 2.20 bits per heavy atom.